The van der Waals surface area contributed by atoms with Crippen molar-refractivity contribution in [2.24, 2.45) is 5.92 Å². The molecule has 1 aliphatic rings. The number of carbonyl (C=O) groups is 1. The minimum absolute atomic E-state index is 0.0736. The van der Waals surface area contributed by atoms with Gasteiger partial charge in [-0.2, -0.15) is 0 Å². The molecular weight excluding hydrogens is 288 g/mol. The van der Waals surface area contributed by atoms with E-state index < -0.39 is 0 Å². The van der Waals surface area contributed by atoms with Gasteiger partial charge >= 0.3 is 0 Å². The lowest BCUT2D eigenvalue weighted by molar-refractivity contribution is -0.134. The van der Waals surface area contributed by atoms with E-state index in [1.807, 2.05) is 11.9 Å². The number of hydrogen-bond donors (Lipinski definition) is 0. The van der Waals surface area contributed by atoms with Crippen LogP contribution in [0.25, 0.3) is 0 Å². The molecular formula is C19H30N2O2. The molecule has 1 fully saturated rings. The molecule has 23 heavy (non-hydrogen) atoms. The van der Waals surface area contributed by atoms with Gasteiger partial charge in [-0.1, -0.05) is 24.3 Å². The number of likely N-dealkylation sites (N-methyl/N-ethyl adjacent to an activating group) is 1. The van der Waals surface area contributed by atoms with Crippen molar-refractivity contribution in [1.29, 1.82) is 0 Å². The molecule has 0 aliphatic carbocycles. The van der Waals surface area contributed by atoms with E-state index in [4.69, 9.17) is 4.74 Å². The Balaban J connectivity index is 1.79. The number of ether oxygens (including phenoxy) is 1. The first-order valence-electron chi connectivity index (χ1n) is 8.60. The number of rotatable bonds is 7. The Morgan fingerprint density at radius 1 is 1.39 bits per heavy atom. The zero-order valence-corrected chi connectivity index (χ0v) is 14.8. The van der Waals surface area contributed by atoms with E-state index in [0.717, 1.165) is 26.1 Å². The summed E-state index contributed by atoms with van der Waals surface area (Å²) in [5.41, 5.74) is 2.83. The Kier molecular flexibility index (Phi) is 7.06. The van der Waals surface area contributed by atoms with Crippen LogP contribution < -0.4 is 0 Å². The van der Waals surface area contributed by atoms with Gasteiger partial charge in [0.1, 0.15) is 6.61 Å². The number of amides is 1. The highest BCUT2D eigenvalue weighted by Crippen LogP contribution is 2.18. The average Bonchev–Trinajstić information content (AvgIpc) is 2.54. The van der Waals surface area contributed by atoms with Gasteiger partial charge in [0.2, 0.25) is 5.91 Å². The standard InChI is InChI=1S/C19H30N2O2/c1-16-7-4-5-9-18(16)10-12-21-11-6-8-17(14-21)13-20(2)19(22)15-23-3/h4-5,7,9,17H,6,8,10-15H2,1-3H3. The number of benzene rings is 1. The predicted octanol–water partition coefficient (Wildman–Crippen LogP) is 2.35. The van der Waals surface area contributed by atoms with Crippen LogP contribution in [0.2, 0.25) is 0 Å². The van der Waals surface area contributed by atoms with Crippen LogP contribution in [0.5, 0.6) is 0 Å². The summed E-state index contributed by atoms with van der Waals surface area (Å²) in [6, 6.07) is 8.64. The van der Waals surface area contributed by atoms with E-state index in [2.05, 4.69) is 36.1 Å². The number of aryl methyl sites for hydroxylation is 1. The topological polar surface area (TPSA) is 32.8 Å². The van der Waals surface area contributed by atoms with E-state index in [1.165, 1.54) is 30.5 Å². The first kappa shape index (κ1) is 18.0. The normalized spacial score (nSPS) is 18.8. The number of methoxy groups -OCH3 is 1. The second-order valence-corrected chi connectivity index (χ2v) is 6.69. The van der Waals surface area contributed by atoms with Gasteiger partial charge < -0.3 is 14.5 Å². The Labute approximate surface area is 140 Å². The molecule has 1 aromatic carbocycles. The van der Waals surface area contributed by atoms with Crippen molar-refractivity contribution in [3.63, 3.8) is 0 Å². The minimum atomic E-state index is 0.0736. The fourth-order valence-corrected chi connectivity index (χ4v) is 3.40. The molecule has 2 rings (SSSR count). The second-order valence-electron chi connectivity index (χ2n) is 6.69. The molecule has 0 radical (unpaired) electrons. The predicted molar refractivity (Wildman–Crippen MR) is 93.6 cm³/mol. The first-order chi connectivity index (χ1) is 11.1. The van der Waals surface area contributed by atoms with Gasteiger partial charge in [-0.25, -0.2) is 0 Å². The highest BCUT2D eigenvalue weighted by molar-refractivity contribution is 5.77. The van der Waals surface area contributed by atoms with Crippen molar-refractivity contribution in [3.05, 3.63) is 35.4 Å². The number of carbonyl (C=O) groups excluding carboxylic acids is 1. The molecule has 0 N–H and O–H groups in total. The van der Waals surface area contributed by atoms with Gasteiger partial charge in [0.05, 0.1) is 0 Å². The third-order valence-electron chi connectivity index (χ3n) is 4.79. The molecule has 1 atom stereocenters. The number of likely N-dealkylation sites (tertiary alicyclic amines) is 1. The fraction of sp³-hybridized carbons (Fsp3) is 0.632. The lowest BCUT2D eigenvalue weighted by Gasteiger charge is -2.34. The van der Waals surface area contributed by atoms with Crippen molar-refractivity contribution in [3.8, 4) is 0 Å². The summed E-state index contributed by atoms with van der Waals surface area (Å²) in [5.74, 6) is 0.649. The number of hydrogen-bond acceptors (Lipinski definition) is 3. The monoisotopic (exact) mass is 318 g/mol. The van der Waals surface area contributed by atoms with Crippen molar-refractivity contribution < 1.29 is 9.53 Å². The molecule has 1 heterocycles. The Morgan fingerprint density at radius 2 is 2.17 bits per heavy atom. The lowest BCUT2D eigenvalue weighted by Crippen LogP contribution is -2.43. The maximum absolute atomic E-state index is 11.8. The van der Waals surface area contributed by atoms with Crippen molar-refractivity contribution in [2.45, 2.75) is 26.2 Å². The number of nitrogens with zero attached hydrogens (tertiary/aromatic N) is 2. The third-order valence-corrected chi connectivity index (χ3v) is 4.79. The summed E-state index contributed by atoms with van der Waals surface area (Å²) in [5, 5.41) is 0. The second kappa shape index (κ2) is 9.04. The van der Waals surface area contributed by atoms with Crippen LogP contribution in [-0.2, 0) is 16.0 Å². The van der Waals surface area contributed by atoms with Gasteiger partial charge in [-0.05, 0) is 49.8 Å². The zero-order chi connectivity index (χ0) is 16.7. The molecule has 1 saturated heterocycles. The number of piperidine rings is 1. The largest absolute Gasteiger partial charge is 0.375 e. The maximum atomic E-state index is 11.8. The molecule has 1 aromatic rings. The Morgan fingerprint density at radius 3 is 2.91 bits per heavy atom. The van der Waals surface area contributed by atoms with Gasteiger partial charge in [0, 0.05) is 33.8 Å². The molecule has 128 valence electrons. The van der Waals surface area contributed by atoms with Gasteiger partial charge in [-0.15, -0.1) is 0 Å². The third kappa shape index (κ3) is 5.63. The lowest BCUT2D eigenvalue weighted by atomic mass is 9.96. The molecule has 0 saturated carbocycles. The zero-order valence-electron chi connectivity index (χ0n) is 14.8. The van der Waals surface area contributed by atoms with Crippen molar-refractivity contribution in [2.75, 3.05) is 46.9 Å². The van der Waals surface area contributed by atoms with Crippen LogP contribution in [0.4, 0.5) is 0 Å². The van der Waals surface area contributed by atoms with Gasteiger partial charge in [0.25, 0.3) is 0 Å². The SMILES string of the molecule is COCC(=O)N(C)CC1CCCN(CCc2ccccc2C)C1. The van der Waals surface area contributed by atoms with Crippen LogP contribution in [-0.4, -0.2) is 62.7 Å². The highest BCUT2D eigenvalue weighted by Gasteiger charge is 2.22. The molecule has 1 amide bonds. The summed E-state index contributed by atoms with van der Waals surface area (Å²) in [6.45, 7) is 6.58. The van der Waals surface area contributed by atoms with Crippen LogP contribution >= 0.6 is 0 Å². The highest BCUT2D eigenvalue weighted by atomic mass is 16.5. The van der Waals surface area contributed by atoms with E-state index in [0.29, 0.717) is 5.92 Å². The van der Waals surface area contributed by atoms with Gasteiger partial charge in [-0.3, -0.25) is 4.79 Å². The molecule has 0 spiro atoms. The van der Waals surface area contributed by atoms with E-state index >= 15 is 0 Å². The summed E-state index contributed by atoms with van der Waals surface area (Å²) in [6.07, 6.45) is 3.55. The molecule has 0 aromatic heterocycles. The van der Waals surface area contributed by atoms with Crippen LogP contribution in [0.3, 0.4) is 0 Å². The van der Waals surface area contributed by atoms with E-state index in [-0.39, 0.29) is 12.5 Å². The van der Waals surface area contributed by atoms with Crippen LogP contribution in [0, 0.1) is 12.8 Å². The average molecular weight is 318 g/mol. The minimum Gasteiger partial charge on any atom is -0.375 e. The molecule has 1 unspecified atom stereocenters. The van der Waals surface area contributed by atoms with E-state index in [1.54, 1.807) is 7.11 Å². The Bertz CT molecular complexity index is 504. The smallest absolute Gasteiger partial charge is 0.248 e. The molecule has 4 nitrogen and oxygen atoms in total. The maximum Gasteiger partial charge on any atom is 0.248 e. The van der Waals surface area contributed by atoms with Gasteiger partial charge in [0.15, 0.2) is 0 Å². The summed E-state index contributed by atoms with van der Waals surface area (Å²) >= 11 is 0. The summed E-state index contributed by atoms with van der Waals surface area (Å²) < 4.78 is 4.93. The van der Waals surface area contributed by atoms with Crippen molar-refractivity contribution in [1.82, 2.24) is 9.80 Å². The van der Waals surface area contributed by atoms with Crippen LogP contribution in [0.1, 0.15) is 24.0 Å². The molecule has 4 heteroatoms. The Hall–Kier alpha value is -1.39. The van der Waals surface area contributed by atoms with E-state index in [9.17, 15) is 4.79 Å². The first-order valence-corrected chi connectivity index (χ1v) is 8.60. The fourth-order valence-electron chi connectivity index (χ4n) is 3.40. The summed E-state index contributed by atoms with van der Waals surface area (Å²) in [4.78, 5) is 16.2. The molecule has 1 aliphatic heterocycles. The van der Waals surface area contributed by atoms with Crippen LogP contribution in [0.15, 0.2) is 24.3 Å². The quantitative estimate of drug-likeness (QED) is 0.774. The molecule has 0 bridgehead atoms. The summed E-state index contributed by atoms with van der Waals surface area (Å²) in [7, 11) is 3.45. The van der Waals surface area contributed by atoms with Crippen molar-refractivity contribution >= 4 is 5.91 Å².